The summed E-state index contributed by atoms with van der Waals surface area (Å²) in [4.78, 5) is 13.1. The molecule has 2 bridgehead atoms. The van der Waals surface area contributed by atoms with Crippen LogP contribution in [0.4, 0.5) is 17.6 Å². The first kappa shape index (κ1) is 20.6. The van der Waals surface area contributed by atoms with E-state index in [9.17, 15) is 27.5 Å². The molecule has 1 fully saturated rings. The third kappa shape index (κ3) is 2.19. The molecule has 3 atom stereocenters. The number of rotatable bonds is 0. The smallest absolute Gasteiger partial charge is 0.252 e. The van der Waals surface area contributed by atoms with Gasteiger partial charge in [-0.2, -0.15) is 0 Å². The van der Waals surface area contributed by atoms with E-state index in [1.165, 1.54) is 0 Å². The van der Waals surface area contributed by atoms with Gasteiger partial charge in [0.25, 0.3) is 5.91 Å². The summed E-state index contributed by atoms with van der Waals surface area (Å²) in [6.07, 6.45) is -1.27. The van der Waals surface area contributed by atoms with Gasteiger partial charge in [-0.15, -0.1) is 0 Å². The molecule has 0 unspecified atom stereocenters. The third-order valence-corrected chi connectivity index (χ3v) is 8.02. The Hall–Kier alpha value is -3.63. The second-order valence-corrected chi connectivity index (χ2v) is 10.1. The van der Waals surface area contributed by atoms with Gasteiger partial charge in [-0.1, -0.05) is 0 Å². The molecule has 2 N–H and O–H groups in total. The molecule has 0 spiro atoms. The number of benzene rings is 3. The lowest BCUT2D eigenvalue weighted by Gasteiger charge is -2.41. The van der Waals surface area contributed by atoms with Crippen LogP contribution in [0.1, 0.15) is 41.9 Å². The van der Waals surface area contributed by atoms with E-state index in [0.717, 1.165) is 24.3 Å². The fraction of sp³-hybridized carbons (Fsp3) is 0.269. The Balaban J connectivity index is 1.76. The summed E-state index contributed by atoms with van der Waals surface area (Å²) in [6.45, 7) is 1.90. The molecule has 0 radical (unpaired) electrons. The van der Waals surface area contributed by atoms with Gasteiger partial charge in [0.1, 0.15) is 12.0 Å². The van der Waals surface area contributed by atoms with Gasteiger partial charge in [-0.05, 0) is 24.6 Å². The number of carbonyl (C=O) groups is 1. The van der Waals surface area contributed by atoms with E-state index in [1.54, 1.807) is 16.1 Å². The molecule has 3 aliphatic rings. The van der Waals surface area contributed by atoms with Gasteiger partial charge in [0.15, 0.2) is 23.3 Å². The van der Waals surface area contributed by atoms with E-state index in [2.05, 4.69) is 5.32 Å². The van der Waals surface area contributed by atoms with Crippen molar-refractivity contribution < 1.29 is 32.2 Å². The maximum absolute atomic E-state index is 14.6. The summed E-state index contributed by atoms with van der Waals surface area (Å²) >= 11 is 0. The molecule has 36 heavy (non-hydrogen) atoms. The van der Waals surface area contributed by atoms with Gasteiger partial charge in [0.05, 0.1) is 33.7 Å². The van der Waals surface area contributed by atoms with Crippen LogP contribution in [0.2, 0.25) is 0 Å². The molecule has 6 nitrogen and oxygen atoms in total. The monoisotopic (exact) mass is 495 g/mol. The number of hydrogen-bond acceptors (Lipinski definition) is 3. The Labute approximate surface area is 199 Å². The number of hydrogen-bond donors (Lipinski definition) is 2. The van der Waals surface area contributed by atoms with Crippen LogP contribution in [-0.2, 0) is 17.0 Å². The molecule has 1 saturated heterocycles. The van der Waals surface area contributed by atoms with Crippen LogP contribution in [0.3, 0.4) is 0 Å². The van der Waals surface area contributed by atoms with Crippen molar-refractivity contribution in [1.29, 1.82) is 0 Å². The number of ether oxygens (including phenoxy) is 1. The normalized spacial score (nSPS) is 24.9. The minimum absolute atomic E-state index is 0.138. The number of aromatic nitrogens is 2. The summed E-state index contributed by atoms with van der Waals surface area (Å²) in [7, 11) is 0. The van der Waals surface area contributed by atoms with E-state index in [-0.39, 0.29) is 24.9 Å². The Morgan fingerprint density at radius 2 is 1.61 bits per heavy atom. The quantitative estimate of drug-likeness (QED) is 0.295. The molecule has 5 heterocycles. The van der Waals surface area contributed by atoms with Gasteiger partial charge in [-0.3, -0.25) is 4.79 Å². The van der Waals surface area contributed by atoms with Crippen molar-refractivity contribution in [1.82, 2.24) is 14.5 Å². The zero-order valence-electron chi connectivity index (χ0n) is 18.8. The van der Waals surface area contributed by atoms with Crippen LogP contribution in [0.25, 0.3) is 43.6 Å². The number of nitrogens with one attached hydrogen (secondary N) is 1. The Morgan fingerprint density at radius 1 is 0.972 bits per heavy atom. The van der Waals surface area contributed by atoms with Crippen molar-refractivity contribution in [3.05, 3.63) is 58.7 Å². The van der Waals surface area contributed by atoms with Gasteiger partial charge in [-0.25, -0.2) is 17.6 Å². The summed E-state index contributed by atoms with van der Waals surface area (Å²) in [6, 6.07) is 4.32. The summed E-state index contributed by atoms with van der Waals surface area (Å²) in [5, 5.41) is 15.4. The first-order valence-corrected chi connectivity index (χ1v) is 11.6. The molecule has 0 saturated carbocycles. The molecule has 182 valence electrons. The number of carbonyl (C=O) groups excluding carboxylic acids is 1. The molecule has 0 aliphatic carbocycles. The predicted molar refractivity (Wildman–Crippen MR) is 122 cm³/mol. The maximum atomic E-state index is 14.6. The average Bonchev–Trinajstić information content (AvgIpc) is 3.42. The maximum Gasteiger partial charge on any atom is 0.252 e. The van der Waals surface area contributed by atoms with Crippen LogP contribution in [0.5, 0.6) is 0 Å². The number of halogens is 4. The highest BCUT2D eigenvalue weighted by Crippen LogP contribution is 2.53. The zero-order valence-corrected chi connectivity index (χ0v) is 18.8. The highest BCUT2D eigenvalue weighted by molar-refractivity contribution is 6.31. The number of nitrogens with zero attached hydrogens (tertiary/aromatic N) is 2. The lowest BCUT2D eigenvalue weighted by Crippen LogP contribution is -2.43. The average molecular weight is 495 g/mol. The molecule has 5 aromatic rings. The lowest BCUT2D eigenvalue weighted by molar-refractivity contribution is -0.214. The van der Waals surface area contributed by atoms with Crippen molar-refractivity contribution in [2.45, 2.75) is 44.4 Å². The van der Waals surface area contributed by atoms with E-state index in [1.807, 2.05) is 0 Å². The van der Waals surface area contributed by atoms with Crippen molar-refractivity contribution in [3.63, 3.8) is 0 Å². The van der Waals surface area contributed by atoms with Gasteiger partial charge >= 0.3 is 0 Å². The Kier molecular flexibility index (Phi) is 3.53. The standard InChI is InChI=1S/C26H17F4N3O3/c1-26-7-9(34)2-19(36-26)32-17-5-15(29)13(27)3-10(17)21-22-12(8-31-25(22)35)20-11-4-14(28)16(30)6-18(11)33(26)24(20)23(21)32/h3-6,9,19,34H,2,7-8H2,1H3,(H,31,35)/t9-,19-,26+/m1/s1. The fourth-order valence-electron chi connectivity index (χ4n) is 6.80. The van der Waals surface area contributed by atoms with Crippen LogP contribution >= 0.6 is 0 Å². The molecule has 2 aromatic heterocycles. The topological polar surface area (TPSA) is 68.4 Å². The Bertz CT molecular complexity index is 1890. The largest absolute Gasteiger partial charge is 0.393 e. The second kappa shape index (κ2) is 6.19. The third-order valence-electron chi connectivity index (χ3n) is 8.02. The predicted octanol–water partition coefficient (Wildman–Crippen LogP) is 5.06. The minimum atomic E-state index is -1.17. The highest BCUT2D eigenvalue weighted by Gasteiger charge is 2.46. The second-order valence-electron chi connectivity index (χ2n) is 10.1. The lowest BCUT2D eigenvalue weighted by atomic mass is 9.96. The van der Waals surface area contributed by atoms with Crippen molar-refractivity contribution in [3.8, 4) is 0 Å². The summed E-state index contributed by atoms with van der Waals surface area (Å²) in [5.74, 6) is -4.60. The first-order chi connectivity index (χ1) is 17.2. The van der Waals surface area contributed by atoms with Crippen LogP contribution in [0.15, 0.2) is 24.3 Å². The van der Waals surface area contributed by atoms with Crippen molar-refractivity contribution in [2.75, 3.05) is 0 Å². The van der Waals surface area contributed by atoms with E-state index >= 15 is 0 Å². The minimum Gasteiger partial charge on any atom is -0.393 e. The molecule has 10 heteroatoms. The number of aliphatic hydroxyl groups excluding tert-OH is 1. The van der Waals surface area contributed by atoms with E-state index in [0.29, 0.717) is 49.2 Å². The van der Waals surface area contributed by atoms with Crippen LogP contribution in [0, 0.1) is 23.3 Å². The van der Waals surface area contributed by atoms with Gasteiger partial charge in [0, 0.05) is 53.1 Å². The van der Waals surface area contributed by atoms with Crippen molar-refractivity contribution in [2.24, 2.45) is 0 Å². The van der Waals surface area contributed by atoms with E-state index in [4.69, 9.17) is 4.74 Å². The molecule has 1 amide bonds. The molecule has 8 rings (SSSR count). The number of fused-ring (bicyclic) bond motifs is 13. The zero-order chi connectivity index (χ0) is 24.8. The van der Waals surface area contributed by atoms with Gasteiger partial charge in [0.2, 0.25) is 0 Å². The number of amides is 1. The van der Waals surface area contributed by atoms with E-state index < -0.39 is 47.2 Å². The summed E-state index contributed by atoms with van der Waals surface area (Å²) < 4.78 is 68.2. The number of aliphatic hydroxyl groups is 1. The van der Waals surface area contributed by atoms with Crippen molar-refractivity contribution >= 4 is 49.5 Å². The Morgan fingerprint density at radius 3 is 2.33 bits per heavy atom. The molecular formula is C26H17F4N3O3. The molecule has 3 aliphatic heterocycles. The molecular weight excluding hydrogens is 478 g/mol. The highest BCUT2D eigenvalue weighted by atomic mass is 19.2. The SMILES string of the molecule is C[C@@]12C[C@H](O)C[C@@H](O1)n1c3cc(F)c(F)cc3c3c4c(c5c6cc(F)c(F)cc6n2c5c31)CNC4=O. The molecule has 3 aromatic carbocycles. The van der Waals surface area contributed by atoms with Crippen LogP contribution < -0.4 is 5.32 Å². The fourth-order valence-corrected chi connectivity index (χ4v) is 6.80. The van der Waals surface area contributed by atoms with Crippen LogP contribution in [-0.4, -0.2) is 26.3 Å². The summed E-state index contributed by atoms with van der Waals surface area (Å²) in [5.41, 5.74) is 1.34. The first-order valence-electron chi connectivity index (χ1n) is 11.6. The van der Waals surface area contributed by atoms with Gasteiger partial charge < -0.3 is 24.3 Å².